The number of aryl methyl sites for hydroxylation is 1. The van der Waals surface area contributed by atoms with Gasteiger partial charge in [-0.05, 0) is 62.4 Å². The van der Waals surface area contributed by atoms with Crippen LogP contribution in [0.5, 0.6) is 0 Å². The number of nitrogens with two attached hydrogens (primary N) is 1. The van der Waals surface area contributed by atoms with Crippen LogP contribution in [0.3, 0.4) is 0 Å². The number of rotatable bonds is 5. The fourth-order valence-electron chi connectivity index (χ4n) is 2.94. The number of nitrogens with zero attached hydrogens (tertiary/aromatic N) is 1. The maximum atomic E-state index is 12.3. The first-order chi connectivity index (χ1) is 10.7. The van der Waals surface area contributed by atoms with Crippen molar-refractivity contribution in [3.63, 3.8) is 0 Å². The highest BCUT2D eigenvalue weighted by atomic mass is 16.2. The van der Waals surface area contributed by atoms with E-state index in [-0.39, 0.29) is 17.7 Å². The van der Waals surface area contributed by atoms with E-state index in [4.69, 9.17) is 5.73 Å². The van der Waals surface area contributed by atoms with Crippen LogP contribution in [-0.4, -0.2) is 24.9 Å². The minimum Gasteiger partial charge on any atom is -0.330 e. The monoisotopic (exact) mass is 301 g/mol. The molecular weight excluding hydrogens is 278 g/mol. The summed E-state index contributed by atoms with van der Waals surface area (Å²) in [5.74, 6) is 0.495. The van der Waals surface area contributed by atoms with Crippen molar-refractivity contribution in [1.29, 1.82) is 0 Å². The Morgan fingerprint density at radius 2 is 2.14 bits per heavy atom. The van der Waals surface area contributed by atoms with Gasteiger partial charge in [0.05, 0.1) is 0 Å². The number of benzene rings is 1. The molecule has 0 unspecified atom stereocenters. The predicted molar refractivity (Wildman–Crippen MR) is 86.8 cm³/mol. The van der Waals surface area contributed by atoms with Crippen LogP contribution < -0.4 is 16.0 Å². The first-order valence-corrected chi connectivity index (χ1v) is 8.13. The number of nitrogens with one attached hydrogen (secondary N) is 1. The summed E-state index contributed by atoms with van der Waals surface area (Å²) in [6.45, 7) is 1.33. The van der Waals surface area contributed by atoms with Crippen molar-refractivity contribution in [2.75, 3.05) is 23.3 Å². The van der Waals surface area contributed by atoms with Crippen molar-refractivity contribution in [1.82, 2.24) is 0 Å². The Balaban J connectivity index is 1.72. The van der Waals surface area contributed by atoms with Crippen LogP contribution in [0.15, 0.2) is 18.2 Å². The lowest BCUT2D eigenvalue weighted by atomic mass is 10.0. The van der Waals surface area contributed by atoms with Gasteiger partial charge >= 0.3 is 0 Å². The Labute approximate surface area is 130 Å². The van der Waals surface area contributed by atoms with Crippen molar-refractivity contribution < 1.29 is 9.59 Å². The SMILES string of the molecule is NCCCC(=O)Nc1ccc2c(c1)CCCN2C(=O)C1CC1. The summed E-state index contributed by atoms with van der Waals surface area (Å²) in [5.41, 5.74) is 8.39. The van der Waals surface area contributed by atoms with Gasteiger partial charge in [-0.25, -0.2) is 0 Å². The van der Waals surface area contributed by atoms with E-state index in [9.17, 15) is 9.59 Å². The van der Waals surface area contributed by atoms with E-state index >= 15 is 0 Å². The zero-order chi connectivity index (χ0) is 15.5. The van der Waals surface area contributed by atoms with Gasteiger partial charge in [-0.1, -0.05) is 0 Å². The maximum absolute atomic E-state index is 12.3. The Bertz CT molecular complexity index is 581. The summed E-state index contributed by atoms with van der Waals surface area (Å²) in [7, 11) is 0. The number of anilines is 2. The molecule has 1 aromatic carbocycles. The molecular formula is C17H23N3O2. The third kappa shape index (κ3) is 3.30. The van der Waals surface area contributed by atoms with Gasteiger partial charge in [0.25, 0.3) is 0 Å². The normalized spacial score (nSPS) is 17.0. The van der Waals surface area contributed by atoms with Crippen LogP contribution in [0.1, 0.15) is 37.7 Å². The molecule has 3 N–H and O–H groups in total. The predicted octanol–water partition coefficient (Wildman–Crippen LogP) is 2.05. The van der Waals surface area contributed by atoms with E-state index in [1.54, 1.807) is 0 Å². The van der Waals surface area contributed by atoms with Crippen LogP contribution in [0, 0.1) is 5.92 Å². The smallest absolute Gasteiger partial charge is 0.230 e. The second-order valence-corrected chi connectivity index (χ2v) is 6.15. The van der Waals surface area contributed by atoms with Crippen molar-refractivity contribution >= 4 is 23.2 Å². The quantitative estimate of drug-likeness (QED) is 0.874. The molecule has 118 valence electrons. The number of amides is 2. The van der Waals surface area contributed by atoms with Gasteiger partial charge < -0.3 is 16.0 Å². The number of carbonyl (C=O) groups excluding carboxylic acids is 2. The second-order valence-electron chi connectivity index (χ2n) is 6.15. The third-order valence-electron chi connectivity index (χ3n) is 4.28. The summed E-state index contributed by atoms with van der Waals surface area (Å²) < 4.78 is 0. The van der Waals surface area contributed by atoms with Crippen LogP contribution in [0.2, 0.25) is 0 Å². The summed E-state index contributed by atoms with van der Waals surface area (Å²) in [6.07, 6.45) is 5.13. The first-order valence-electron chi connectivity index (χ1n) is 8.13. The third-order valence-corrected chi connectivity index (χ3v) is 4.28. The highest BCUT2D eigenvalue weighted by Gasteiger charge is 2.35. The molecule has 2 amide bonds. The molecule has 0 spiro atoms. The molecule has 5 nitrogen and oxygen atoms in total. The lowest BCUT2D eigenvalue weighted by Gasteiger charge is -2.30. The average Bonchev–Trinajstić information content (AvgIpc) is 3.36. The largest absolute Gasteiger partial charge is 0.330 e. The fourth-order valence-corrected chi connectivity index (χ4v) is 2.94. The Morgan fingerprint density at radius 3 is 2.86 bits per heavy atom. The van der Waals surface area contributed by atoms with E-state index in [1.807, 2.05) is 23.1 Å². The van der Waals surface area contributed by atoms with E-state index < -0.39 is 0 Å². The summed E-state index contributed by atoms with van der Waals surface area (Å²) in [4.78, 5) is 26.1. The molecule has 0 radical (unpaired) electrons. The van der Waals surface area contributed by atoms with Gasteiger partial charge in [0.15, 0.2) is 0 Å². The minimum atomic E-state index is -0.00729. The molecule has 1 heterocycles. The van der Waals surface area contributed by atoms with E-state index in [2.05, 4.69) is 5.32 Å². The topological polar surface area (TPSA) is 75.4 Å². The molecule has 0 bridgehead atoms. The number of hydrogen-bond donors (Lipinski definition) is 2. The van der Waals surface area contributed by atoms with Gasteiger partial charge in [0, 0.05) is 30.3 Å². The van der Waals surface area contributed by atoms with Crippen LogP contribution >= 0.6 is 0 Å². The fraction of sp³-hybridized carbons (Fsp3) is 0.529. The molecule has 5 heteroatoms. The minimum absolute atomic E-state index is 0.00729. The van der Waals surface area contributed by atoms with E-state index in [1.165, 1.54) is 0 Å². The average molecular weight is 301 g/mol. The molecule has 0 aromatic heterocycles. The number of fused-ring (bicyclic) bond motifs is 1. The number of hydrogen-bond acceptors (Lipinski definition) is 3. The molecule has 1 saturated carbocycles. The van der Waals surface area contributed by atoms with Gasteiger partial charge in [-0.3, -0.25) is 9.59 Å². The lowest BCUT2D eigenvalue weighted by Crippen LogP contribution is -2.36. The molecule has 1 aromatic rings. The molecule has 0 saturated heterocycles. The standard InChI is InChI=1S/C17H23N3O2/c18-9-1-4-16(21)19-14-7-8-15-13(11-14)3-2-10-20(15)17(22)12-5-6-12/h7-8,11-12H,1-6,9-10,18H2,(H,19,21). The molecule has 1 fully saturated rings. The maximum Gasteiger partial charge on any atom is 0.230 e. The number of carbonyl (C=O) groups is 2. The Morgan fingerprint density at radius 1 is 1.32 bits per heavy atom. The second kappa shape index (κ2) is 6.48. The zero-order valence-electron chi connectivity index (χ0n) is 12.8. The van der Waals surface area contributed by atoms with Crippen LogP contribution in [-0.2, 0) is 16.0 Å². The summed E-state index contributed by atoms with van der Waals surface area (Å²) >= 11 is 0. The van der Waals surface area contributed by atoms with Crippen LogP contribution in [0.4, 0.5) is 11.4 Å². The van der Waals surface area contributed by atoms with E-state index in [0.717, 1.165) is 49.2 Å². The van der Waals surface area contributed by atoms with Crippen molar-refractivity contribution in [3.8, 4) is 0 Å². The molecule has 2 aliphatic rings. The molecule has 1 aliphatic carbocycles. The van der Waals surface area contributed by atoms with Gasteiger partial charge in [0.2, 0.25) is 11.8 Å². The van der Waals surface area contributed by atoms with Crippen molar-refractivity contribution in [2.24, 2.45) is 11.7 Å². The summed E-state index contributed by atoms with van der Waals surface area (Å²) in [5, 5.41) is 2.91. The zero-order valence-corrected chi connectivity index (χ0v) is 12.8. The van der Waals surface area contributed by atoms with Gasteiger partial charge in [-0.2, -0.15) is 0 Å². The van der Waals surface area contributed by atoms with Crippen molar-refractivity contribution in [3.05, 3.63) is 23.8 Å². The highest BCUT2D eigenvalue weighted by molar-refractivity contribution is 5.98. The summed E-state index contributed by atoms with van der Waals surface area (Å²) in [6, 6.07) is 5.85. The first kappa shape index (κ1) is 15.0. The molecule has 3 rings (SSSR count). The highest BCUT2D eigenvalue weighted by Crippen LogP contribution is 2.36. The molecule has 22 heavy (non-hydrogen) atoms. The molecule has 1 aliphatic heterocycles. The molecule has 0 atom stereocenters. The van der Waals surface area contributed by atoms with Gasteiger partial charge in [-0.15, -0.1) is 0 Å². The van der Waals surface area contributed by atoms with Crippen molar-refractivity contribution in [2.45, 2.75) is 38.5 Å². The van der Waals surface area contributed by atoms with E-state index in [0.29, 0.717) is 19.4 Å². The Hall–Kier alpha value is -1.88. The van der Waals surface area contributed by atoms with Crippen LogP contribution in [0.25, 0.3) is 0 Å². The van der Waals surface area contributed by atoms with Gasteiger partial charge in [0.1, 0.15) is 0 Å². The Kier molecular flexibility index (Phi) is 4.43. The lowest BCUT2D eigenvalue weighted by molar-refractivity contribution is -0.120.